The molecule has 0 amide bonds. The van der Waals surface area contributed by atoms with E-state index in [0.717, 1.165) is 6.07 Å². The number of halogens is 3. The van der Waals surface area contributed by atoms with Crippen LogP contribution >= 0.6 is 27.5 Å². The summed E-state index contributed by atoms with van der Waals surface area (Å²) < 4.78 is 12.9. The Morgan fingerprint density at radius 1 is 1.64 bits per heavy atom. The van der Waals surface area contributed by atoms with Gasteiger partial charge in [-0.3, -0.25) is 0 Å². The van der Waals surface area contributed by atoms with Crippen molar-refractivity contribution in [3.8, 4) is 5.75 Å². The highest BCUT2D eigenvalue weighted by Gasteiger charge is 2.11. The van der Waals surface area contributed by atoms with Crippen LogP contribution in [0.15, 0.2) is 10.5 Å². The van der Waals surface area contributed by atoms with E-state index in [1.165, 1.54) is 0 Å². The molecule has 0 bridgehead atoms. The van der Waals surface area contributed by atoms with Gasteiger partial charge in [0.15, 0.2) is 5.82 Å². The van der Waals surface area contributed by atoms with Crippen molar-refractivity contribution in [1.82, 2.24) is 0 Å². The number of rotatable bonds is 0. The number of nitrogens with two attached hydrogens (primary N) is 1. The molecule has 2 nitrogen and oxygen atoms in total. The third-order valence-corrected chi connectivity index (χ3v) is 2.28. The molecule has 1 aromatic carbocycles. The van der Waals surface area contributed by atoms with Crippen molar-refractivity contribution in [2.45, 2.75) is 0 Å². The van der Waals surface area contributed by atoms with Crippen LogP contribution in [0, 0.1) is 5.82 Å². The molecule has 5 heteroatoms. The Kier molecular flexibility index (Phi) is 2.25. The lowest BCUT2D eigenvalue weighted by Gasteiger charge is -2.03. The Bertz CT molecular complexity index is 279. The van der Waals surface area contributed by atoms with E-state index in [4.69, 9.17) is 22.4 Å². The zero-order valence-corrected chi connectivity index (χ0v) is 7.58. The molecule has 0 saturated carbocycles. The average Bonchev–Trinajstić information content (AvgIpc) is 1.97. The molecule has 0 radical (unpaired) electrons. The summed E-state index contributed by atoms with van der Waals surface area (Å²) in [5.74, 6) is -0.898. The lowest BCUT2D eigenvalue weighted by Crippen LogP contribution is -1.92. The van der Waals surface area contributed by atoms with Crippen molar-refractivity contribution in [2.24, 2.45) is 0 Å². The van der Waals surface area contributed by atoms with Gasteiger partial charge in [0, 0.05) is 6.07 Å². The second-order valence-electron chi connectivity index (χ2n) is 1.92. The summed E-state index contributed by atoms with van der Waals surface area (Å²) in [6.45, 7) is 0. The Labute approximate surface area is 75.9 Å². The third-order valence-electron chi connectivity index (χ3n) is 1.17. The minimum Gasteiger partial charge on any atom is -0.507 e. The minimum atomic E-state index is -0.726. The Morgan fingerprint density at radius 3 is 2.73 bits per heavy atom. The van der Waals surface area contributed by atoms with Crippen LogP contribution in [0.1, 0.15) is 0 Å². The molecule has 0 unspecified atom stereocenters. The first-order valence-electron chi connectivity index (χ1n) is 2.66. The molecule has 0 aliphatic rings. The number of hydrogen-bond acceptors (Lipinski definition) is 2. The van der Waals surface area contributed by atoms with Gasteiger partial charge in [-0.15, -0.1) is 0 Å². The maximum absolute atomic E-state index is 12.8. The molecule has 0 aliphatic heterocycles. The van der Waals surface area contributed by atoms with Crippen LogP contribution in [0.25, 0.3) is 0 Å². The zero-order chi connectivity index (χ0) is 8.59. The fraction of sp³-hybridized carbons (Fsp3) is 0. The molecule has 0 aliphatic carbocycles. The second kappa shape index (κ2) is 2.87. The first kappa shape index (κ1) is 8.62. The molecule has 0 aromatic heterocycles. The van der Waals surface area contributed by atoms with Gasteiger partial charge in [-0.2, -0.15) is 0 Å². The number of phenols is 1. The summed E-state index contributed by atoms with van der Waals surface area (Å²) in [5.41, 5.74) is 5.03. The van der Waals surface area contributed by atoms with Gasteiger partial charge in [0.2, 0.25) is 0 Å². The fourth-order valence-electron chi connectivity index (χ4n) is 0.610. The number of hydrogen-bond donors (Lipinski definition) is 2. The first-order valence-corrected chi connectivity index (χ1v) is 3.83. The van der Waals surface area contributed by atoms with E-state index in [9.17, 15) is 4.39 Å². The van der Waals surface area contributed by atoms with E-state index in [0.29, 0.717) is 0 Å². The Hall–Kier alpha value is -0.480. The van der Waals surface area contributed by atoms with Gasteiger partial charge < -0.3 is 10.8 Å². The number of phenolic OH excluding ortho intramolecular Hbond substituents is 1. The van der Waals surface area contributed by atoms with Crippen LogP contribution in [0.3, 0.4) is 0 Å². The Morgan fingerprint density at radius 2 is 2.18 bits per heavy atom. The molecule has 0 heterocycles. The fourth-order valence-corrected chi connectivity index (χ4v) is 1.10. The van der Waals surface area contributed by atoms with Crippen LogP contribution in [0.2, 0.25) is 5.02 Å². The van der Waals surface area contributed by atoms with E-state index < -0.39 is 5.82 Å². The molecule has 0 fully saturated rings. The molecule has 11 heavy (non-hydrogen) atoms. The highest BCUT2D eigenvalue weighted by atomic mass is 79.9. The smallest absolute Gasteiger partial charge is 0.166 e. The number of nitrogen functional groups attached to an aromatic ring is 1. The summed E-state index contributed by atoms with van der Waals surface area (Å²) in [7, 11) is 0. The summed E-state index contributed by atoms with van der Waals surface area (Å²) in [4.78, 5) is 0. The monoisotopic (exact) mass is 239 g/mol. The standard InChI is InChI=1S/C6H4BrClFNO/c7-4-3(11)1-2(8)5(9)6(4)10/h1,11H,10H2. The van der Waals surface area contributed by atoms with Crippen molar-refractivity contribution >= 4 is 33.2 Å². The van der Waals surface area contributed by atoms with Gasteiger partial charge in [-0.25, -0.2) is 4.39 Å². The number of aromatic hydroxyl groups is 1. The first-order chi connectivity index (χ1) is 5.04. The van der Waals surface area contributed by atoms with Crippen molar-refractivity contribution in [2.75, 3.05) is 5.73 Å². The molecule has 0 atom stereocenters. The molecular formula is C6H4BrClFNO. The van der Waals surface area contributed by atoms with Crippen LogP contribution in [0.4, 0.5) is 10.1 Å². The Balaban J connectivity index is 3.46. The second-order valence-corrected chi connectivity index (χ2v) is 3.12. The normalized spacial score (nSPS) is 10.1. The molecule has 1 aromatic rings. The van der Waals surface area contributed by atoms with E-state index in [1.807, 2.05) is 0 Å². The lowest BCUT2D eigenvalue weighted by molar-refractivity contribution is 0.470. The van der Waals surface area contributed by atoms with Crippen molar-refractivity contribution in [3.63, 3.8) is 0 Å². The minimum absolute atomic E-state index is 0.124. The third kappa shape index (κ3) is 1.41. The van der Waals surface area contributed by atoms with E-state index >= 15 is 0 Å². The summed E-state index contributed by atoms with van der Waals surface area (Å²) in [6.07, 6.45) is 0. The number of benzene rings is 1. The topological polar surface area (TPSA) is 46.2 Å². The van der Waals surface area contributed by atoms with E-state index in [2.05, 4.69) is 15.9 Å². The lowest BCUT2D eigenvalue weighted by atomic mass is 10.3. The van der Waals surface area contributed by atoms with Gasteiger partial charge >= 0.3 is 0 Å². The van der Waals surface area contributed by atoms with Crippen LogP contribution in [0.5, 0.6) is 5.75 Å². The maximum atomic E-state index is 12.8. The van der Waals surface area contributed by atoms with E-state index in [1.54, 1.807) is 0 Å². The summed E-state index contributed by atoms with van der Waals surface area (Å²) >= 11 is 8.25. The zero-order valence-electron chi connectivity index (χ0n) is 5.24. The molecule has 1 rings (SSSR count). The summed E-state index contributed by atoms with van der Waals surface area (Å²) in [6, 6.07) is 1.08. The van der Waals surface area contributed by atoms with Crippen LogP contribution in [-0.4, -0.2) is 5.11 Å². The van der Waals surface area contributed by atoms with Crippen LogP contribution < -0.4 is 5.73 Å². The maximum Gasteiger partial charge on any atom is 0.166 e. The van der Waals surface area contributed by atoms with Crippen molar-refractivity contribution in [3.05, 3.63) is 21.4 Å². The average molecular weight is 240 g/mol. The van der Waals surface area contributed by atoms with Gasteiger partial charge in [0.25, 0.3) is 0 Å². The molecule has 3 N–H and O–H groups in total. The largest absolute Gasteiger partial charge is 0.507 e. The molecular weight excluding hydrogens is 236 g/mol. The molecule has 0 spiro atoms. The quantitative estimate of drug-likeness (QED) is 0.541. The predicted octanol–water partition coefficient (Wildman–Crippen LogP) is 2.53. The number of anilines is 1. The highest BCUT2D eigenvalue weighted by molar-refractivity contribution is 9.10. The molecule has 0 saturated heterocycles. The van der Waals surface area contributed by atoms with E-state index in [-0.39, 0.29) is 20.9 Å². The highest BCUT2D eigenvalue weighted by Crippen LogP contribution is 2.35. The van der Waals surface area contributed by atoms with Gasteiger partial charge in [0.05, 0.1) is 15.2 Å². The molecule has 60 valence electrons. The van der Waals surface area contributed by atoms with Gasteiger partial charge in [-0.05, 0) is 15.9 Å². The van der Waals surface area contributed by atoms with Crippen molar-refractivity contribution < 1.29 is 9.50 Å². The predicted molar refractivity (Wildman–Crippen MR) is 45.2 cm³/mol. The van der Waals surface area contributed by atoms with Crippen molar-refractivity contribution in [1.29, 1.82) is 0 Å². The SMILES string of the molecule is Nc1c(F)c(Cl)cc(O)c1Br. The van der Waals surface area contributed by atoms with Gasteiger partial charge in [0.1, 0.15) is 5.75 Å². The van der Waals surface area contributed by atoms with Gasteiger partial charge in [-0.1, -0.05) is 11.6 Å². The van der Waals surface area contributed by atoms with Crippen LogP contribution in [-0.2, 0) is 0 Å². The summed E-state index contributed by atoms with van der Waals surface area (Å²) in [5, 5.41) is 8.84.